The van der Waals surface area contributed by atoms with E-state index in [9.17, 15) is 0 Å². The zero-order chi connectivity index (χ0) is 7.68. The number of hydrogen-bond acceptors (Lipinski definition) is 3. The summed E-state index contributed by atoms with van der Waals surface area (Å²) in [5, 5.41) is 0. The lowest BCUT2D eigenvalue weighted by Crippen LogP contribution is -2.15. The van der Waals surface area contributed by atoms with Gasteiger partial charge in [0.2, 0.25) is 6.79 Å². The third-order valence-electron chi connectivity index (χ3n) is 1.99. The molecule has 0 bridgehead atoms. The van der Waals surface area contributed by atoms with Crippen LogP contribution in [0.15, 0.2) is 23.7 Å². The molecule has 0 saturated carbocycles. The molecule has 0 fully saturated rings. The topological polar surface area (TPSA) is 44.5 Å². The molecule has 0 aromatic carbocycles. The Kier molecular flexibility index (Phi) is 1.58. The highest BCUT2D eigenvalue weighted by molar-refractivity contribution is 5.24. The Labute approximate surface area is 65.5 Å². The maximum Gasteiger partial charge on any atom is 0.230 e. The van der Waals surface area contributed by atoms with E-state index in [1.807, 2.05) is 6.08 Å². The van der Waals surface area contributed by atoms with Crippen molar-refractivity contribution in [3.63, 3.8) is 0 Å². The lowest BCUT2D eigenvalue weighted by atomic mass is 9.99. The predicted octanol–water partition coefficient (Wildman–Crippen LogP) is 0.737. The Morgan fingerprint density at radius 2 is 2.45 bits per heavy atom. The molecule has 0 amide bonds. The molecule has 1 aliphatic carbocycles. The van der Waals surface area contributed by atoms with Crippen LogP contribution in [-0.4, -0.2) is 13.3 Å². The SMILES string of the molecule is NC[C@@H]1C=CC2=C(C1)OCO2. The fourth-order valence-corrected chi connectivity index (χ4v) is 1.31. The summed E-state index contributed by atoms with van der Waals surface area (Å²) < 4.78 is 10.4. The van der Waals surface area contributed by atoms with E-state index in [-0.39, 0.29) is 0 Å². The minimum atomic E-state index is 0.367. The van der Waals surface area contributed by atoms with Crippen LogP contribution in [0, 0.1) is 5.92 Å². The summed E-state index contributed by atoms with van der Waals surface area (Å²) in [6, 6.07) is 0. The summed E-state index contributed by atoms with van der Waals surface area (Å²) in [5.74, 6) is 2.27. The molecule has 0 aromatic rings. The number of rotatable bonds is 1. The number of hydrogen-bond donors (Lipinski definition) is 1. The van der Waals surface area contributed by atoms with Gasteiger partial charge in [-0.05, 0) is 18.5 Å². The van der Waals surface area contributed by atoms with Crippen molar-refractivity contribution in [2.75, 3.05) is 13.3 Å². The van der Waals surface area contributed by atoms with Crippen molar-refractivity contribution >= 4 is 0 Å². The van der Waals surface area contributed by atoms with Crippen LogP contribution in [0.5, 0.6) is 0 Å². The number of ether oxygens (including phenoxy) is 2. The average molecular weight is 153 g/mol. The Balaban J connectivity index is 2.12. The minimum absolute atomic E-state index is 0.367. The van der Waals surface area contributed by atoms with E-state index in [0.29, 0.717) is 19.3 Å². The van der Waals surface area contributed by atoms with Crippen LogP contribution in [0.2, 0.25) is 0 Å². The molecule has 0 aromatic heterocycles. The highest BCUT2D eigenvalue weighted by Gasteiger charge is 2.21. The molecule has 0 radical (unpaired) electrons. The van der Waals surface area contributed by atoms with Gasteiger partial charge in [0.25, 0.3) is 0 Å². The minimum Gasteiger partial charge on any atom is -0.458 e. The van der Waals surface area contributed by atoms with Crippen molar-refractivity contribution in [1.29, 1.82) is 0 Å². The highest BCUT2D eigenvalue weighted by Crippen LogP contribution is 2.28. The van der Waals surface area contributed by atoms with E-state index in [1.165, 1.54) is 0 Å². The quantitative estimate of drug-likeness (QED) is 0.604. The summed E-state index contributed by atoms with van der Waals surface area (Å²) in [4.78, 5) is 0. The molecule has 1 heterocycles. The average Bonchev–Trinajstić information content (AvgIpc) is 2.50. The maximum absolute atomic E-state index is 5.52. The van der Waals surface area contributed by atoms with Crippen LogP contribution in [-0.2, 0) is 9.47 Å². The van der Waals surface area contributed by atoms with E-state index in [0.717, 1.165) is 17.9 Å². The first-order chi connectivity index (χ1) is 5.40. The smallest absolute Gasteiger partial charge is 0.230 e. The summed E-state index contributed by atoms with van der Waals surface area (Å²) in [7, 11) is 0. The molecule has 0 spiro atoms. The highest BCUT2D eigenvalue weighted by atomic mass is 16.7. The molecule has 60 valence electrons. The van der Waals surface area contributed by atoms with Crippen molar-refractivity contribution in [2.24, 2.45) is 11.7 Å². The van der Waals surface area contributed by atoms with E-state index >= 15 is 0 Å². The molecular weight excluding hydrogens is 142 g/mol. The van der Waals surface area contributed by atoms with Gasteiger partial charge in [-0.15, -0.1) is 0 Å². The van der Waals surface area contributed by atoms with Gasteiger partial charge in [0, 0.05) is 6.42 Å². The summed E-state index contributed by atoms with van der Waals surface area (Å²) in [6.45, 7) is 1.04. The zero-order valence-corrected chi connectivity index (χ0v) is 6.25. The Bertz CT molecular complexity index is 220. The van der Waals surface area contributed by atoms with E-state index in [4.69, 9.17) is 15.2 Å². The molecule has 1 atom stereocenters. The predicted molar refractivity (Wildman–Crippen MR) is 40.4 cm³/mol. The van der Waals surface area contributed by atoms with Gasteiger partial charge >= 0.3 is 0 Å². The maximum atomic E-state index is 5.52. The first kappa shape index (κ1) is 6.73. The lowest BCUT2D eigenvalue weighted by Gasteiger charge is -2.13. The second kappa shape index (κ2) is 2.58. The standard InChI is InChI=1S/C8H11NO2/c9-4-6-1-2-7-8(3-6)11-5-10-7/h1-2,6H,3-5,9H2/t6-/m1/s1. The summed E-state index contributed by atoms with van der Waals surface area (Å²) in [6.07, 6.45) is 4.92. The second-order valence-electron chi connectivity index (χ2n) is 2.75. The van der Waals surface area contributed by atoms with Crippen molar-refractivity contribution in [1.82, 2.24) is 0 Å². The van der Waals surface area contributed by atoms with Gasteiger partial charge in [0.1, 0.15) is 5.76 Å². The van der Waals surface area contributed by atoms with Crippen LogP contribution in [0.3, 0.4) is 0 Å². The van der Waals surface area contributed by atoms with Crippen molar-refractivity contribution in [3.05, 3.63) is 23.7 Å². The molecular formula is C8H11NO2. The van der Waals surface area contributed by atoms with Gasteiger partial charge in [0.15, 0.2) is 5.76 Å². The lowest BCUT2D eigenvalue weighted by molar-refractivity contribution is 0.0719. The zero-order valence-electron chi connectivity index (χ0n) is 6.25. The third-order valence-corrected chi connectivity index (χ3v) is 1.99. The largest absolute Gasteiger partial charge is 0.458 e. The number of nitrogens with two attached hydrogens (primary N) is 1. The van der Waals surface area contributed by atoms with Gasteiger partial charge in [0.05, 0.1) is 0 Å². The third kappa shape index (κ3) is 1.12. The molecule has 2 N–H and O–H groups in total. The van der Waals surface area contributed by atoms with Gasteiger partial charge in [-0.1, -0.05) is 6.08 Å². The Morgan fingerprint density at radius 1 is 1.55 bits per heavy atom. The van der Waals surface area contributed by atoms with Crippen molar-refractivity contribution in [2.45, 2.75) is 6.42 Å². The molecule has 0 saturated heterocycles. The molecule has 11 heavy (non-hydrogen) atoms. The first-order valence-corrected chi connectivity index (χ1v) is 3.77. The first-order valence-electron chi connectivity index (χ1n) is 3.77. The van der Waals surface area contributed by atoms with Crippen LogP contribution in [0.4, 0.5) is 0 Å². The monoisotopic (exact) mass is 153 g/mol. The molecule has 2 aliphatic rings. The molecule has 0 unspecified atom stereocenters. The van der Waals surface area contributed by atoms with Crippen LogP contribution >= 0.6 is 0 Å². The summed E-state index contributed by atoms with van der Waals surface area (Å²) in [5.41, 5.74) is 5.52. The molecule has 3 heteroatoms. The molecule has 2 rings (SSSR count). The Morgan fingerprint density at radius 3 is 3.27 bits per heavy atom. The van der Waals surface area contributed by atoms with E-state index in [2.05, 4.69) is 6.08 Å². The van der Waals surface area contributed by atoms with Gasteiger partial charge < -0.3 is 15.2 Å². The fraction of sp³-hybridized carbons (Fsp3) is 0.500. The van der Waals surface area contributed by atoms with E-state index in [1.54, 1.807) is 0 Å². The molecule has 3 nitrogen and oxygen atoms in total. The second-order valence-corrected chi connectivity index (χ2v) is 2.75. The van der Waals surface area contributed by atoms with Crippen molar-refractivity contribution < 1.29 is 9.47 Å². The van der Waals surface area contributed by atoms with E-state index < -0.39 is 0 Å². The molecule has 1 aliphatic heterocycles. The summed E-state index contributed by atoms with van der Waals surface area (Å²) >= 11 is 0. The van der Waals surface area contributed by atoms with Gasteiger partial charge in [-0.2, -0.15) is 0 Å². The van der Waals surface area contributed by atoms with Crippen molar-refractivity contribution in [3.8, 4) is 0 Å². The van der Waals surface area contributed by atoms with Crippen LogP contribution in [0.1, 0.15) is 6.42 Å². The van der Waals surface area contributed by atoms with Gasteiger partial charge in [-0.3, -0.25) is 0 Å². The van der Waals surface area contributed by atoms with Crippen LogP contribution < -0.4 is 5.73 Å². The number of allylic oxidation sites excluding steroid dienone is 2. The van der Waals surface area contributed by atoms with Crippen LogP contribution in [0.25, 0.3) is 0 Å². The Hall–Kier alpha value is -0.960. The van der Waals surface area contributed by atoms with Gasteiger partial charge in [-0.25, -0.2) is 0 Å². The fourth-order valence-electron chi connectivity index (χ4n) is 1.31. The normalized spacial score (nSPS) is 27.9.